The van der Waals surface area contributed by atoms with Gasteiger partial charge in [-0.1, -0.05) is 0 Å². The van der Waals surface area contributed by atoms with Gasteiger partial charge in [-0.3, -0.25) is 4.79 Å². The molecule has 0 saturated carbocycles. The number of methoxy groups -OCH3 is 2. The number of carbonyl (C=O) groups is 1. The highest BCUT2D eigenvalue weighted by Gasteiger charge is 2.23. The van der Waals surface area contributed by atoms with E-state index in [1.807, 2.05) is 0 Å². The number of hydrogen-bond acceptors (Lipinski definition) is 5. The van der Waals surface area contributed by atoms with Crippen molar-refractivity contribution < 1.29 is 27.1 Å². The van der Waals surface area contributed by atoms with E-state index >= 15 is 0 Å². The third-order valence-corrected chi connectivity index (χ3v) is 5.39. The van der Waals surface area contributed by atoms with Crippen LogP contribution in [0.4, 0.5) is 10.1 Å². The van der Waals surface area contributed by atoms with Gasteiger partial charge in [-0.05, 0) is 36.4 Å². The summed E-state index contributed by atoms with van der Waals surface area (Å²) in [4.78, 5) is 12.1. The van der Waals surface area contributed by atoms with E-state index in [1.54, 1.807) is 18.2 Å². The molecule has 0 aliphatic carbocycles. The summed E-state index contributed by atoms with van der Waals surface area (Å²) in [6, 6.07) is 9.19. The number of nitrogens with zero attached hydrogens (tertiary/aromatic N) is 1. The molecule has 0 aliphatic heterocycles. The molecule has 0 aliphatic rings. The molecule has 2 aromatic rings. The fourth-order valence-electron chi connectivity index (χ4n) is 2.17. The maximum Gasteiger partial charge on any atom is 0.243 e. The van der Waals surface area contributed by atoms with Crippen molar-refractivity contribution in [1.29, 1.82) is 0 Å². The highest BCUT2D eigenvalue weighted by molar-refractivity contribution is 7.89. The molecule has 0 fully saturated rings. The first-order valence-corrected chi connectivity index (χ1v) is 8.95. The van der Waals surface area contributed by atoms with E-state index in [2.05, 4.69) is 5.32 Å². The number of likely N-dealkylation sites (N-methyl/N-ethyl adjacent to an activating group) is 1. The van der Waals surface area contributed by atoms with Crippen molar-refractivity contribution in [3.8, 4) is 11.5 Å². The smallest absolute Gasteiger partial charge is 0.243 e. The number of anilines is 1. The Hall–Kier alpha value is -2.65. The molecule has 140 valence electrons. The molecule has 0 radical (unpaired) electrons. The first kappa shape index (κ1) is 19.7. The molecule has 1 N–H and O–H groups in total. The molecule has 0 unspecified atom stereocenters. The Balaban J connectivity index is 2.11. The fourth-order valence-corrected chi connectivity index (χ4v) is 3.29. The van der Waals surface area contributed by atoms with E-state index < -0.39 is 28.3 Å². The van der Waals surface area contributed by atoms with Crippen LogP contribution in [-0.2, 0) is 14.8 Å². The van der Waals surface area contributed by atoms with Crippen LogP contribution in [0.2, 0.25) is 0 Å². The number of ether oxygens (including phenoxy) is 2. The minimum atomic E-state index is -3.91. The second-order valence-electron chi connectivity index (χ2n) is 5.33. The van der Waals surface area contributed by atoms with Gasteiger partial charge in [-0.2, -0.15) is 4.31 Å². The van der Waals surface area contributed by atoms with Crippen LogP contribution in [-0.4, -0.2) is 46.4 Å². The summed E-state index contributed by atoms with van der Waals surface area (Å²) in [6.07, 6.45) is 0. The molecular weight excluding hydrogens is 363 g/mol. The molecule has 9 heteroatoms. The Labute approximate surface area is 151 Å². The number of benzene rings is 2. The summed E-state index contributed by atoms with van der Waals surface area (Å²) in [6.45, 7) is -0.422. The molecule has 26 heavy (non-hydrogen) atoms. The lowest BCUT2D eigenvalue weighted by Gasteiger charge is -2.17. The number of halogens is 1. The second-order valence-corrected chi connectivity index (χ2v) is 7.37. The van der Waals surface area contributed by atoms with Gasteiger partial charge < -0.3 is 14.8 Å². The number of sulfonamides is 1. The third-order valence-electron chi connectivity index (χ3n) is 3.57. The van der Waals surface area contributed by atoms with Crippen LogP contribution in [0.25, 0.3) is 0 Å². The number of nitrogens with one attached hydrogen (secondary N) is 1. The molecular formula is C17H19FN2O5S. The van der Waals surface area contributed by atoms with Crippen molar-refractivity contribution in [2.24, 2.45) is 0 Å². The van der Waals surface area contributed by atoms with Gasteiger partial charge in [0.2, 0.25) is 15.9 Å². The Morgan fingerprint density at radius 1 is 1.12 bits per heavy atom. The molecule has 1 amide bonds. The zero-order valence-electron chi connectivity index (χ0n) is 14.5. The first-order valence-electron chi connectivity index (χ1n) is 7.51. The fraction of sp³-hybridized carbons (Fsp3) is 0.235. The van der Waals surface area contributed by atoms with E-state index in [0.29, 0.717) is 17.2 Å². The molecule has 0 saturated heterocycles. The van der Waals surface area contributed by atoms with Gasteiger partial charge in [0.05, 0.1) is 31.3 Å². The number of amides is 1. The van der Waals surface area contributed by atoms with Crippen molar-refractivity contribution in [3.63, 3.8) is 0 Å². The molecule has 0 heterocycles. The average Bonchev–Trinajstić information content (AvgIpc) is 2.62. The lowest BCUT2D eigenvalue weighted by atomic mass is 10.2. The van der Waals surface area contributed by atoms with Crippen LogP contribution in [0, 0.1) is 5.82 Å². The molecule has 2 aromatic carbocycles. The standard InChI is InChI=1S/C17H19FN2O5S/c1-20(26(22,23)14-7-4-12(18)5-8-14)11-17(21)19-15-9-6-13(24-2)10-16(15)25-3/h4-10H,11H2,1-3H3,(H,19,21). The second kappa shape index (κ2) is 8.15. The SMILES string of the molecule is COc1ccc(NC(=O)CN(C)S(=O)(=O)c2ccc(F)cc2)c(OC)c1. The average molecular weight is 382 g/mol. The van der Waals surface area contributed by atoms with E-state index in [1.165, 1.54) is 21.3 Å². The molecule has 0 bridgehead atoms. The minimum absolute atomic E-state index is 0.101. The lowest BCUT2D eigenvalue weighted by Crippen LogP contribution is -2.35. The summed E-state index contributed by atoms with van der Waals surface area (Å²) in [5.74, 6) is -0.171. The lowest BCUT2D eigenvalue weighted by molar-refractivity contribution is -0.116. The molecule has 0 spiro atoms. The summed E-state index contributed by atoms with van der Waals surface area (Å²) < 4.78 is 48.9. The van der Waals surface area contributed by atoms with Gasteiger partial charge >= 0.3 is 0 Å². The molecule has 0 aromatic heterocycles. The van der Waals surface area contributed by atoms with E-state index in [-0.39, 0.29) is 4.90 Å². The van der Waals surface area contributed by atoms with Crippen molar-refractivity contribution in [3.05, 3.63) is 48.3 Å². The van der Waals surface area contributed by atoms with E-state index in [0.717, 1.165) is 28.6 Å². The predicted octanol–water partition coefficient (Wildman–Crippen LogP) is 2.10. The van der Waals surface area contributed by atoms with Crippen molar-refractivity contribution >= 4 is 21.6 Å². The van der Waals surface area contributed by atoms with Gasteiger partial charge in [0.1, 0.15) is 17.3 Å². The zero-order valence-corrected chi connectivity index (χ0v) is 15.3. The number of hydrogen-bond donors (Lipinski definition) is 1. The minimum Gasteiger partial charge on any atom is -0.497 e. The first-order chi connectivity index (χ1) is 12.3. The number of rotatable bonds is 7. The van der Waals surface area contributed by atoms with Crippen molar-refractivity contribution in [2.45, 2.75) is 4.90 Å². The van der Waals surface area contributed by atoms with Crippen molar-refractivity contribution in [1.82, 2.24) is 4.31 Å². The van der Waals surface area contributed by atoms with Crippen LogP contribution in [0.3, 0.4) is 0 Å². The van der Waals surface area contributed by atoms with Crippen LogP contribution >= 0.6 is 0 Å². The quantitative estimate of drug-likeness (QED) is 0.793. The van der Waals surface area contributed by atoms with Gasteiger partial charge in [0, 0.05) is 13.1 Å². The highest BCUT2D eigenvalue weighted by Crippen LogP contribution is 2.29. The summed E-state index contributed by atoms with van der Waals surface area (Å²) in [5, 5.41) is 2.59. The van der Waals surface area contributed by atoms with E-state index in [9.17, 15) is 17.6 Å². The van der Waals surface area contributed by atoms with Gasteiger partial charge in [0.25, 0.3) is 0 Å². The van der Waals surface area contributed by atoms with Crippen LogP contribution in [0.1, 0.15) is 0 Å². The maximum absolute atomic E-state index is 13.0. The van der Waals surface area contributed by atoms with Crippen molar-refractivity contribution in [2.75, 3.05) is 33.1 Å². The molecule has 2 rings (SSSR count). The Morgan fingerprint density at radius 2 is 1.77 bits per heavy atom. The Bertz CT molecular complexity index is 885. The summed E-state index contributed by atoms with van der Waals surface area (Å²) in [5.41, 5.74) is 0.380. The summed E-state index contributed by atoms with van der Waals surface area (Å²) in [7, 11) is 0.295. The van der Waals surface area contributed by atoms with Crippen LogP contribution in [0.15, 0.2) is 47.4 Å². The van der Waals surface area contributed by atoms with Gasteiger partial charge in [0.15, 0.2) is 0 Å². The predicted molar refractivity (Wildman–Crippen MR) is 94.4 cm³/mol. The summed E-state index contributed by atoms with van der Waals surface area (Å²) >= 11 is 0. The van der Waals surface area contributed by atoms with Crippen LogP contribution < -0.4 is 14.8 Å². The normalized spacial score (nSPS) is 11.3. The molecule has 0 atom stereocenters. The largest absolute Gasteiger partial charge is 0.497 e. The van der Waals surface area contributed by atoms with Crippen LogP contribution in [0.5, 0.6) is 11.5 Å². The van der Waals surface area contributed by atoms with Gasteiger partial charge in [-0.15, -0.1) is 0 Å². The topological polar surface area (TPSA) is 84.9 Å². The Morgan fingerprint density at radius 3 is 2.35 bits per heavy atom. The maximum atomic E-state index is 13.0. The number of carbonyl (C=O) groups excluding carboxylic acids is 1. The monoisotopic (exact) mass is 382 g/mol. The highest BCUT2D eigenvalue weighted by atomic mass is 32.2. The van der Waals surface area contributed by atoms with E-state index in [4.69, 9.17) is 9.47 Å². The van der Waals surface area contributed by atoms with Gasteiger partial charge in [-0.25, -0.2) is 12.8 Å². The Kier molecular flexibility index (Phi) is 6.17. The third kappa shape index (κ3) is 4.50. The molecule has 7 nitrogen and oxygen atoms in total. The zero-order chi connectivity index (χ0) is 19.3.